The van der Waals surface area contributed by atoms with Crippen LogP contribution in [0.25, 0.3) is 0 Å². The smallest absolute Gasteiger partial charge is 0.252 e. The maximum absolute atomic E-state index is 11.1. The second-order valence-electron chi connectivity index (χ2n) is 3.20. The van der Waals surface area contributed by atoms with Crippen molar-refractivity contribution in [3.8, 4) is 0 Å². The maximum atomic E-state index is 11.1. The molecular weight excluding hydrogens is 180 g/mol. The zero-order chi connectivity index (χ0) is 10.6. The fourth-order valence-corrected chi connectivity index (χ4v) is 1.19. The summed E-state index contributed by atoms with van der Waals surface area (Å²) < 4.78 is 0. The van der Waals surface area contributed by atoms with Gasteiger partial charge in [-0.1, -0.05) is 6.92 Å². The molecule has 5 heteroatoms. The summed E-state index contributed by atoms with van der Waals surface area (Å²) in [5, 5.41) is 3.10. The molecule has 0 saturated carbocycles. The third kappa shape index (κ3) is 2.85. The number of aryl methyl sites for hydroxylation is 1. The third-order valence-corrected chi connectivity index (χ3v) is 1.99. The lowest BCUT2D eigenvalue weighted by Crippen LogP contribution is -2.29. The Bertz CT molecular complexity index is 343. The number of aromatic amines is 1. The van der Waals surface area contributed by atoms with Crippen molar-refractivity contribution in [2.75, 3.05) is 11.9 Å². The number of hydrogen-bond acceptors (Lipinski definition) is 4. The summed E-state index contributed by atoms with van der Waals surface area (Å²) in [6.45, 7) is 4.31. The average Bonchev–Trinajstić information content (AvgIpc) is 2.12. The number of aromatic nitrogens is 2. The number of nitrogens with two attached hydrogens (primary N) is 1. The van der Waals surface area contributed by atoms with Gasteiger partial charge < -0.3 is 16.0 Å². The van der Waals surface area contributed by atoms with E-state index in [1.807, 2.05) is 6.92 Å². The van der Waals surface area contributed by atoms with Crippen LogP contribution in [0.15, 0.2) is 10.9 Å². The van der Waals surface area contributed by atoms with Gasteiger partial charge in [-0.05, 0) is 13.3 Å². The Labute approximate surface area is 82.7 Å². The molecule has 0 fully saturated rings. The second-order valence-corrected chi connectivity index (χ2v) is 3.20. The van der Waals surface area contributed by atoms with E-state index in [2.05, 4.69) is 15.3 Å². The fraction of sp³-hybridized carbons (Fsp3) is 0.556. The number of hydrogen-bond donors (Lipinski definition) is 3. The normalized spacial score (nSPS) is 12.5. The van der Waals surface area contributed by atoms with Gasteiger partial charge in [-0.2, -0.15) is 0 Å². The van der Waals surface area contributed by atoms with E-state index >= 15 is 0 Å². The van der Waals surface area contributed by atoms with Crippen LogP contribution >= 0.6 is 0 Å². The van der Waals surface area contributed by atoms with E-state index in [1.165, 1.54) is 6.07 Å². The molecule has 4 N–H and O–H groups in total. The van der Waals surface area contributed by atoms with E-state index in [4.69, 9.17) is 5.73 Å². The van der Waals surface area contributed by atoms with E-state index < -0.39 is 0 Å². The molecule has 0 amide bonds. The molecule has 0 spiro atoms. The highest BCUT2D eigenvalue weighted by atomic mass is 16.1. The maximum Gasteiger partial charge on any atom is 0.252 e. The number of rotatable bonds is 4. The molecule has 1 unspecified atom stereocenters. The lowest BCUT2D eigenvalue weighted by atomic mass is 10.2. The molecule has 14 heavy (non-hydrogen) atoms. The van der Waals surface area contributed by atoms with Gasteiger partial charge in [0.1, 0.15) is 11.6 Å². The van der Waals surface area contributed by atoms with Crippen LogP contribution in [0.1, 0.15) is 19.2 Å². The van der Waals surface area contributed by atoms with Gasteiger partial charge in [-0.3, -0.25) is 4.79 Å². The van der Waals surface area contributed by atoms with Gasteiger partial charge in [-0.15, -0.1) is 0 Å². The molecule has 1 aromatic rings. The summed E-state index contributed by atoms with van der Waals surface area (Å²) in [6, 6.07) is 1.61. The molecule has 1 heterocycles. The molecule has 5 nitrogen and oxygen atoms in total. The van der Waals surface area contributed by atoms with Crippen molar-refractivity contribution in [1.82, 2.24) is 9.97 Å². The molecular formula is C9H16N4O. The Balaban J connectivity index is 2.80. The lowest BCUT2D eigenvalue weighted by molar-refractivity contribution is 0.698. The van der Waals surface area contributed by atoms with Gasteiger partial charge in [0, 0.05) is 18.7 Å². The summed E-state index contributed by atoms with van der Waals surface area (Å²) in [5.41, 5.74) is 5.38. The minimum absolute atomic E-state index is 0.146. The Kier molecular flexibility index (Phi) is 3.64. The molecule has 78 valence electrons. The van der Waals surface area contributed by atoms with Crippen LogP contribution < -0.4 is 16.6 Å². The minimum atomic E-state index is -0.146. The Hall–Kier alpha value is -1.36. The predicted molar refractivity (Wildman–Crippen MR) is 56.4 cm³/mol. The molecule has 0 aliphatic heterocycles. The third-order valence-electron chi connectivity index (χ3n) is 1.99. The predicted octanol–water partition coefficient (Wildman–Crippen LogP) is 0.228. The van der Waals surface area contributed by atoms with Gasteiger partial charge in [0.25, 0.3) is 5.56 Å². The van der Waals surface area contributed by atoms with Crippen LogP contribution in [0, 0.1) is 6.92 Å². The zero-order valence-corrected chi connectivity index (χ0v) is 8.50. The van der Waals surface area contributed by atoms with Crippen molar-refractivity contribution in [3.63, 3.8) is 0 Å². The van der Waals surface area contributed by atoms with E-state index in [9.17, 15) is 4.79 Å². The molecule has 1 aromatic heterocycles. The molecule has 0 bridgehead atoms. The van der Waals surface area contributed by atoms with E-state index in [0.29, 0.717) is 18.2 Å². The van der Waals surface area contributed by atoms with Crippen LogP contribution in [0.2, 0.25) is 0 Å². The van der Waals surface area contributed by atoms with Crippen LogP contribution in [0.3, 0.4) is 0 Å². The highest BCUT2D eigenvalue weighted by Crippen LogP contribution is 2.02. The SMILES string of the molecule is CCC(CN)Nc1cc(=O)[nH]c(C)n1. The first-order valence-electron chi connectivity index (χ1n) is 4.70. The fourth-order valence-electron chi connectivity index (χ4n) is 1.19. The molecule has 0 aliphatic carbocycles. The zero-order valence-electron chi connectivity index (χ0n) is 8.50. The van der Waals surface area contributed by atoms with Gasteiger partial charge in [0.05, 0.1) is 0 Å². The number of nitrogens with zero attached hydrogens (tertiary/aromatic N) is 1. The van der Waals surface area contributed by atoms with Crippen LogP contribution in [-0.4, -0.2) is 22.6 Å². The molecule has 0 radical (unpaired) electrons. The quantitative estimate of drug-likeness (QED) is 0.643. The van der Waals surface area contributed by atoms with Gasteiger partial charge in [0.2, 0.25) is 0 Å². The Morgan fingerprint density at radius 1 is 1.71 bits per heavy atom. The minimum Gasteiger partial charge on any atom is -0.366 e. The van der Waals surface area contributed by atoms with Gasteiger partial charge >= 0.3 is 0 Å². The van der Waals surface area contributed by atoms with Crippen molar-refractivity contribution in [3.05, 3.63) is 22.2 Å². The van der Waals surface area contributed by atoms with E-state index in [1.54, 1.807) is 6.92 Å². The summed E-state index contributed by atoms with van der Waals surface area (Å²) in [6.07, 6.45) is 0.907. The van der Waals surface area contributed by atoms with Crippen molar-refractivity contribution in [2.24, 2.45) is 5.73 Å². The van der Waals surface area contributed by atoms with Gasteiger partial charge in [-0.25, -0.2) is 4.98 Å². The lowest BCUT2D eigenvalue weighted by Gasteiger charge is -2.14. The first-order valence-corrected chi connectivity index (χ1v) is 4.70. The summed E-state index contributed by atoms with van der Waals surface area (Å²) in [7, 11) is 0. The molecule has 1 atom stereocenters. The van der Waals surface area contributed by atoms with Crippen molar-refractivity contribution in [1.29, 1.82) is 0 Å². The van der Waals surface area contributed by atoms with Crippen molar-refractivity contribution < 1.29 is 0 Å². The molecule has 0 aromatic carbocycles. The molecule has 0 saturated heterocycles. The first-order chi connectivity index (χ1) is 6.65. The first kappa shape index (κ1) is 10.7. The number of H-pyrrole nitrogens is 1. The number of nitrogens with one attached hydrogen (secondary N) is 2. The van der Waals surface area contributed by atoms with Crippen LogP contribution in [0.4, 0.5) is 5.82 Å². The van der Waals surface area contributed by atoms with E-state index in [0.717, 1.165) is 6.42 Å². The van der Waals surface area contributed by atoms with Crippen molar-refractivity contribution in [2.45, 2.75) is 26.3 Å². The Morgan fingerprint density at radius 3 is 2.93 bits per heavy atom. The number of anilines is 1. The monoisotopic (exact) mass is 196 g/mol. The highest BCUT2D eigenvalue weighted by Gasteiger charge is 2.04. The summed E-state index contributed by atoms with van der Waals surface area (Å²) in [4.78, 5) is 17.8. The molecule has 0 aliphatic rings. The standard InChI is InChI=1S/C9H16N4O/c1-3-7(5-10)13-8-4-9(14)12-6(2)11-8/h4,7H,3,5,10H2,1-2H3,(H2,11,12,13,14). The van der Waals surface area contributed by atoms with Crippen LogP contribution in [0.5, 0.6) is 0 Å². The topological polar surface area (TPSA) is 83.8 Å². The van der Waals surface area contributed by atoms with Crippen LogP contribution in [-0.2, 0) is 0 Å². The van der Waals surface area contributed by atoms with E-state index in [-0.39, 0.29) is 11.6 Å². The average molecular weight is 196 g/mol. The van der Waals surface area contributed by atoms with Crippen molar-refractivity contribution >= 4 is 5.82 Å². The summed E-state index contributed by atoms with van der Waals surface area (Å²) in [5.74, 6) is 1.19. The van der Waals surface area contributed by atoms with Gasteiger partial charge in [0.15, 0.2) is 0 Å². The summed E-state index contributed by atoms with van der Waals surface area (Å²) >= 11 is 0. The Morgan fingerprint density at radius 2 is 2.43 bits per heavy atom. The molecule has 1 rings (SSSR count). The largest absolute Gasteiger partial charge is 0.366 e. The second kappa shape index (κ2) is 4.76. The highest BCUT2D eigenvalue weighted by molar-refractivity contribution is 5.34.